The van der Waals surface area contributed by atoms with E-state index in [1.54, 1.807) is 0 Å². The number of ether oxygens (including phenoxy) is 2. The lowest BCUT2D eigenvalue weighted by atomic mass is 9.84. The van der Waals surface area contributed by atoms with E-state index in [1.807, 2.05) is 18.2 Å². The van der Waals surface area contributed by atoms with E-state index in [4.69, 9.17) is 9.47 Å². The number of benzene rings is 1. The summed E-state index contributed by atoms with van der Waals surface area (Å²) < 4.78 is 27.7. The molecule has 2 N–H and O–H groups in total. The predicted molar refractivity (Wildman–Crippen MR) is 146 cm³/mol. The van der Waals surface area contributed by atoms with Crippen molar-refractivity contribution in [2.24, 2.45) is 0 Å². The molecule has 2 atom stereocenters. The molecule has 0 saturated carbocycles. The maximum atomic E-state index is 14.7. The van der Waals surface area contributed by atoms with Gasteiger partial charge in [0, 0.05) is 32.8 Å². The molecule has 1 aromatic carbocycles. The first-order valence-electron chi connectivity index (χ1n) is 13.3. The van der Waals surface area contributed by atoms with E-state index < -0.39 is 5.82 Å². The van der Waals surface area contributed by atoms with Crippen LogP contribution in [0, 0.1) is 5.82 Å². The molecule has 0 spiro atoms. The van der Waals surface area contributed by atoms with Gasteiger partial charge in [0.15, 0.2) is 11.6 Å². The molecule has 4 heterocycles. The van der Waals surface area contributed by atoms with Crippen molar-refractivity contribution < 1.29 is 16.7 Å². The van der Waals surface area contributed by atoms with E-state index in [2.05, 4.69) is 61.8 Å². The van der Waals surface area contributed by atoms with E-state index in [1.165, 1.54) is 30.0 Å². The van der Waals surface area contributed by atoms with Crippen molar-refractivity contribution in [3.8, 4) is 11.4 Å². The van der Waals surface area contributed by atoms with Crippen LogP contribution in [0.15, 0.2) is 30.7 Å². The summed E-state index contributed by atoms with van der Waals surface area (Å²) in [5.74, 6) is 0.634. The van der Waals surface area contributed by atoms with Crippen molar-refractivity contribution >= 4 is 17.5 Å². The molecule has 3 aromatic rings. The fraction of sp³-hybridized carbons (Fsp3) is 0.577. The molecule has 2 fully saturated rings. The van der Waals surface area contributed by atoms with E-state index in [9.17, 15) is 4.39 Å². The summed E-state index contributed by atoms with van der Waals surface area (Å²) in [7, 11) is 0. The Hall–Kier alpha value is -3.38. The normalized spacial score (nSPS) is 20.7. The minimum atomic E-state index is -0.467. The highest BCUT2D eigenvalue weighted by molar-refractivity contribution is 5.62. The molecule has 2 aliphatic heterocycles. The molecule has 38 heavy (non-hydrogen) atoms. The van der Waals surface area contributed by atoms with Crippen LogP contribution in [-0.4, -0.2) is 79.1 Å². The summed E-state index contributed by atoms with van der Waals surface area (Å²) in [6.45, 7) is 9.33. The molecule has 2 saturated heterocycles. The standard InChI is InChI=1S/C26H36FN9O2.2H2/c1-4-10-37-11-12-38-23-8-7-18(14-22(23)36-17-29-33-34-36)31-25-28-16-21(27)24(32-25)30-19-13-20-6-5-9-35(20)26(2,3)15-19;;/h7-8,14,16-17,19-20H,4-6,9-13,15H2,1-3H3,(H2,28,30,31,32);2*1H/t19-,20+;;/m1../s1. The molecule has 0 aliphatic carbocycles. The van der Waals surface area contributed by atoms with Gasteiger partial charge >= 0.3 is 0 Å². The van der Waals surface area contributed by atoms with Crippen LogP contribution in [0.3, 0.4) is 0 Å². The zero-order valence-corrected chi connectivity index (χ0v) is 22.2. The van der Waals surface area contributed by atoms with Gasteiger partial charge in [0.05, 0.1) is 12.8 Å². The van der Waals surface area contributed by atoms with Gasteiger partial charge in [-0.05, 0) is 81.1 Å². The van der Waals surface area contributed by atoms with Gasteiger partial charge in [-0.25, -0.2) is 9.37 Å². The molecule has 0 bridgehead atoms. The Morgan fingerprint density at radius 2 is 2.13 bits per heavy atom. The summed E-state index contributed by atoms with van der Waals surface area (Å²) in [6.07, 6.45) is 7.97. The van der Waals surface area contributed by atoms with Crippen molar-refractivity contribution in [1.82, 2.24) is 35.1 Å². The van der Waals surface area contributed by atoms with Gasteiger partial charge in [-0.1, -0.05) is 6.92 Å². The first-order chi connectivity index (χ1) is 18.4. The second kappa shape index (κ2) is 11.6. The van der Waals surface area contributed by atoms with E-state index in [0.717, 1.165) is 25.8 Å². The molecule has 11 nitrogen and oxygen atoms in total. The number of fused-ring (bicyclic) bond motifs is 1. The lowest BCUT2D eigenvalue weighted by molar-refractivity contribution is 0.0500. The minimum Gasteiger partial charge on any atom is -0.489 e. The predicted octanol–water partition coefficient (Wildman–Crippen LogP) is 4.45. The van der Waals surface area contributed by atoms with Gasteiger partial charge < -0.3 is 20.1 Å². The molecule has 0 unspecified atom stereocenters. The largest absolute Gasteiger partial charge is 0.489 e. The van der Waals surface area contributed by atoms with Crippen LogP contribution in [0.2, 0.25) is 0 Å². The average Bonchev–Trinajstić information content (AvgIpc) is 3.59. The summed E-state index contributed by atoms with van der Waals surface area (Å²) in [5, 5.41) is 18.0. The average molecular weight is 530 g/mol. The molecular formula is C26H40FN9O2. The van der Waals surface area contributed by atoms with E-state index >= 15 is 0 Å². The first-order valence-corrected chi connectivity index (χ1v) is 13.3. The van der Waals surface area contributed by atoms with Crippen LogP contribution in [0.4, 0.5) is 21.8 Å². The first kappa shape index (κ1) is 26.2. The van der Waals surface area contributed by atoms with Gasteiger partial charge in [-0.15, -0.1) is 5.10 Å². The number of nitrogens with zero attached hydrogens (tertiary/aromatic N) is 7. The molecule has 2 aliphatic rings. The van der Waals surface area contributed by atoms with Crippen molar-refractivity contribution in [2.75, 3.05) is 37.0 Å². The van der Waals surface area contributed by atoms with Crippen LogP contribution in [0.25, 0.3) is 5.69 Å². The third-order valence-corrected chi connectivity index (χ3v) is 7.19. The summed E-state index contributed by atoms with van der Waals surface area (Å²) in [4.78, 5) is 11.2. The Bertz CT molecular complexity index is 1220. The molecule has 0 amide bonds. The lowest BCUT2D eigenvalue weighted by Gasteiger charge is -2.47. The van der Waals surface area contributed by atoms with Crippen molar-refractivity contribution in [3.63, 3.8) is 0 Å². The molecule has 208 valence electrons. The fourth-order valence-corrected chi connectivity index (χ4v) is 5.60. The van der Waals surface area contributed by atoms with Crippen molar-refractivity contribution in [3.05, 3.63) is 36.5 Å². The maximum absolute atomic E-state index is 14.7. The van der Waals surface area contributed by atoms with E-state index in [-0.39, 0.29) is 26.2 Å². The van der Waals surface area contributed by atoms with Crippen LogP contribution in [-0.2, 0) is 4.74 Å². The minimum absolute atomic E-state index is 0. The number of tetrazole rings is 1. The Morgan fingerprint density at radius 1 is 1.24 bits per heavy atom. The quantitative estimate of drug-likeness (QED) is 0.345. The van der Waals surface area contributed by atoms with Crippen LogP contribution in [0.5, 0.6) is 5.75 Å². The van der Waals surface area contributed by atoms with Gasteiger partial charge in [0.25, 0.3) is 0 Å². The number of nitrogens with one attached hydrogen (secondary N) is 2. The highest BCUT2D eigenvalue weighted by Gasteiger charge is 2.43. The van der Waals surface area contributed by atoms with E-state index in [0.29, 0.717) is 43.0 Å². The SMILES string of the molecule is CCCOCCOc1ccc(Nc2ncc(F)c(N[C@@H]3C[C@@H]4CCCN4C(C)(C)C3)n2)cc1-n1cnnn1.[HH].[HH]. The zero-order chi connectivity index (χ0) is 26.5. The van der Waals surface area contributed by atoms with Gasteiger partial charge in [0.2, 0.25) is 5.95 Å². The van der Waals surface area contributed by atoms with Crippen molar-refractivity contribution in [2.45, 2.75) is 70.5 Å². The number of hydrogen-bond acceptors (Lipinski definition) is 10. The molecule has 5 rings (SSSR count). The Labute approximate surface area is 225 Å². The number of hydrogen-bond donors (Lipinski definition) is 2. The monoisotopic (exact) mass is 529 g/mol. The van der Waals surface area contributed by atoms with Crippen LogP contribution in [0.1, 0.15) is 55.7 Å². The number of piperidine rings is 1. The molecule has 12 heteroatoms. The van der Waals surface area contributed by atoms with Gasteiger partial charge in [-0.2, -0.15) is 9.67 Å². The second-order valence-corrected chi connectivity index (χ2v) is 10.5. The zero-order valence-electron chi connectivity index (χ0n) is 22.2. The highest BCUT2D eigenvalue weighted by Crippen LogP contribution is 2.38. The van der Waals surface area contributed by atoms with Gasteiger partial charge in [-0.3, -0.25) is 4.90 Å². The maximum Gasteiger partial charge on any atom is 0.229 e. The van der Waals surface area contributed by atoms with Crippen molar-refractivity contribution in [1.29, 1.82) is 0 Å². The van der Waals surface area contributed by atoms with Gasteiger partial charge in [0.1, 0.15) is 24.4 Å². The summed E-state index contributed by atoms with van der Waals surface area (Å²) >= 11 is 0. The van der Waals surface area contributed by atoms with Crippen LogP contribution < -0.4 is 15.4 Å². The Balaban J connectivity index is 0.00000220. The fourth-order valence-electron chi connectivity index (χ4n) is 5.60. The number of anilines is 3. The lowest BCUT2D eigenvalue weighted by Crippen LogP contribution is -2.55. The topological polar surface area (TPSA) is 115 Å². The number of rotatable bonds is 11. The highest BCUT2D eigenvalue weighted by atomic mass is 19.1. The Kier molecular flexibility index (Phi) is 7.98. The molecule has 0 radical (unpaired) electrons. The summed E-state index contributed by atoms with van der Waals surface area (Å²) in [6, 6.07) is 6.16. The van der Waals surface area contributed by atoms with Crippen LogP contribution >= 0.6 is 0 Å². The summed E-state index contributed by atoms with van der Waals surface area (Å²) in [5.41, 5.74) is 1.39. The number of halogens is 1. The molecule has 2 aromatic heterocycles. The third-order valence-electron chi connectivity index (χ3n) is 7.19. The molecular weight excluding hydrogens is 489 g/mol. The smallest absolute Gasteiger partial charge is 0.229 e. The number of aromatic nitrogens is 6. The second-order valence-electron chi connectivity index (χ2n) is 10.5. The third kappa shape index (κ3) is 6.02. The Morgan fingerprint density at radius 3 is 2.95 bits per heavy atom.